The van der Waals surface area contributed by atoms with Gasteiger partial charge in [0.2, 0.25) is 0 Å². The molecule has 0 saturated carbocycles. The average Bonchev–Trinajstić information content (AvgIpc) is 2.48. The van der Waals surface area contributed by atoms with E-state index in [-0.39, 0.29) is 5.91 Å². The Morgan fingerprint density at radius 2 is 1.76 bits per heavy atom. The lowest BCUT2D eigenvalue weighted by Crippen LogP contribution is -2.52. The summed E-state index contributed by atoms with van der Waals surface area (Å²) < 4.78 is 0. The fourth-order valence-electron chi connectivity index (χ4n) is 2.66. The predicted molar refractivity (Wildman–Crippen MR) is 80.9 cm³/mol. The molecule has 5 nitrogen and oxygen atoms in total. The van der Waals surface area contributed by atoms with Crippen molar-refractivity contribution in [1.82, 2.24) is 9.80 Å². The van der Waals surface area contributed by atoms with Crippen LogP contribution in [-0.4, -0.2) is 70.9 Å². The number of aliphatic hydroxyl groups is 2. The minimum Gasteiger partial charge on any atom is -0.391 e. The van der Waals surface area contributed by atoms with Crippen LogP contribution in [-0.2, 0) is 11.2 Å². The van der Waals surface area contributed by atoms with Crippen molar-refractivity contribution in [3.8, 4) is 0 Å². The van der Waals surface area contributed by atoms with E-state index < -0.39 is 12.2 Å². The van der Waals surface area contributed by atoms with E-state index in [0.717, 1.165) is 18.7 Å². The summed E-state index contributed by atoms with van der Waals surface area (Å²) in [5, 5.41) is 19.5. The number of β-amino-alcohol motifs (C(OH)–C–C–N with tert-alkyl or cyclic N) is 1. The van der Waals surface area contributed by atoms with Gasteiger partial charge < -0.3 is 15.1 Å². The monoisotopic (exact) mass is 292 g/mol. The molecule has 1 fully saturated rings. The highest BCUT2D eigenvalue weighted by molar-refractivity contribution is 5.80. The van der Waals surface area contributed by atoms with Gasteiger partial charge in [0.15, 0.2) is 0 Å². The second-order valence-electron chi connectivity index (χ2n) is 5.65. The Bertz CT molecular complexity index is 442. The van der Waals surface area contributed by atoms with Crippen molar-refractivity contribution >= 4 is 5.91 Å². The lowest BCUT2D eigenvalue weighted by molar-refractivity contribution is -0.141. The van der Waals surface area contributed by atoms with Gasteiger partial charge in [0.25, 0.3) is 5.91 Å². The molecule has 0 aromatic heterocycles. The minimum atomic E-state index is -0.930. The van der Waals surface area contributed by atoms with Crippen LogP contribution < -0.4 is 0 Å². The van der Waals surface area contributed by atoms with Gasteiger partial charge in [-0.1, -0.05) is 30.3 Å². The number of aliphatic hydroxyl groups excluding tert-OH is 2. The number of amides is 1. The van der Waals surface area contributed by atoms with Crippen LogP contribution in [0.2, 0.25) is 0 Å². The van der Waals surface area contributed by atoms with E-state index in [1.807, 2.05) is 30.3 Å². The molecule has 1 aliphatic rings. The molecule has 0 spiro atoms. The van der Waals surface area contributed by atoms with Crippen LogP contribution in [0.4, 0.5) is 0 Å². The van der Waals surface area contributed by atoms with Crippen molar-refractivity contribution in [2.24, 2.45) is 0 Å². The maximum atomic E-state index is 11.7. The molecule has 2 rings (SSSR count). The van der Waals surface area contributed by atoms with E-state index >= 15 is 0 Å². The Morgan fingerprint density at radius 3 is 2.33 bits per heavy atom. The maximum Gasteiger partial charge on any atom is 0.251 e. The van der Waals surface area contributed by atoms with Gasteiger partial charge in [-0.3, -0.25) is 9.69 Å². The van der Waals surface area contributed by atoms with Crippen LogP contribution >= 0.6 is 0 Å². The van der Waals surface area contributed by atoms with Gasteiger partial charge in [0.1, 0.15) is 6.10 Å². The van der Waals surface area contributed by atoms with Gasteiger partial charge in [0, 0.05) is 32.7 Å². The van der Waals surface area contributed by atoms with Gasteiger partial charge in [-0.05, 0) is 18.9 Å². The molecular weight excluding hydrogens is 268 g/mol. The zero-order valence-electron chi connectivity index (χ0n) is 12.5. The Hall–Kier alpha value is -1.43. The summed E-state index contributed by atoms with van der Waals surface area (Å²) in [6, 6.07) is 9.95. The smallest absolute Gasteiger partial charge is 0.251 e. The molecule has 1 amide bonds. The van der Waals surface area contributed by atoms with E-state index in [0.29, 0.717) is 26.1 Å². The molecule has 1 heterocycles. The molecule has 0 radical (unpaired) electrons. The number of benzene rings is 1. The fourth-order valence-corrected chi connectivity index (χ4v) is 2.66. The molecule has 2 unspecified atom stereocenters. The Labute approximate surface area is 125 Å². The number of nitrogens with zero attached hydrogens (tertiary/aromatic N) is 2. The zero-order chi connectivity index (χ0) is 15.2. The normalized spacial score (nSPS) is 19.3. The van der Waals surface area contributed by atoms with Gasteiger partial charge >= 0.3 is 0 Å². The number of hydrogen-bond donors (Lipinski definition) is 2. The highest BCUT2D eigenvalue weighted by Gasteiger charge is 2.24. The Kier molecular flexibility index (Phi) is 5.73. The van der Waals surface area contributed by atoms with E-state index in [1.165, 1.54) is 6.92 Å². The standard InChI is InChI=1S/C16H24N2O3/c1-13(19)16(21)18-9-7-17(8-10-18)12-15(20)11-14-5-3-2-4-6-14/h2-6,13,15,19-20H,7-12H2,1H3. The van der Waals surface area contributed by atoms with Gasteiger partial charge in [-0.25, -0.2) is 0 Å². The third-order valence-corrected chi connectivity index (χ3v) is 3.82. The molecular formula is C16H24N2O3. The molecule has 1 aliphatic heterocycles. The molecule has 1 saturated heterocycles. The van der Waals surface area contributed by atoms with Crippen molar-refractivity contribution < 1.29 is 15.0 Å². The van der Waals surface area contributed by atoms with Gasteiger partial charge in [-0.15, -0.1) is 0 Å². The van der Waals surface area contributed by atoms with Crippen LogP contribution in [0.1, 0.15) is 12.5 Å². The number of hydrogen-bond acceptors (Lipinski definition) is 4. The molecule has 21 heavy (non-hydrogen) atoms. The average molecular weight is 292 g/mol. The number of rotatable bonds is 5. The van der Waals surface area contributed by atoms with Crippen LogP contribution in [0.5, 0.6) is 0 Å². The summed E-state index contributed by atoms with van der Waals surface area (Å²) in [6.45, 7) is 4.82. The Balaban J connectivity index is 1.74. The van der Waals surface area contributed by atoms with E-state index in [1.54, 1.807) is 4.90 Å². The molecule has 5 heteroatoms. The predicted octanol–water partition coefficient (Wildman–Crippen LogP) is 0.115. The van der Waals surface area contributed by atoms with E-state index in [2.05, 4.69) is 4.90 Å². The van der Waals surface area contributed by atoms with Crippen LogP contribution in [0.15, 0.2) is 30.3 Å². The first-order valence-electron chi connectivity index (χ1n) is 7.47. The van der Waals surface area contributed by atoms with Crippen molar-refractivity contribution in [2.45, 2.75) is 25.6 Å². The van der Waals surface area contributed by atoms with Crippen molar-refractivity contribution in [1.29, 1.82) is 0 Å². The Morgan fingerprint density at radius 1 is 1.14 bits per heavy atom. The molecule has 2 atom stereocenters. The third kappa shape index (κ3) is 4.81. The lowest BCUT2D eigenvalue weighted by atomic mass is 10.1. The minimum absolute atomic E-state index is 0.209. The summed E-state index contributed by atoms with van der Waals surface area (Å²) in [4.78, 5) is 15.5. The van der Waals surface area contributed by atoms with Gasteiger partial charge in [-0.2, -0.15) is 0 Å². The van der Waals surface area contributed by atoms with Crippen LogP contribution in [0.25, 0.3) is 0 Å². The lowest BCUT2D eigenvalue weighted by Gasteiger charge is -2.36. The molecule has 0 bridgehead atoms. The molecule has 1 aromatic rings. The molecule has 0 aliphatic carbocycles. The highest BCUT2D eigenvalue weighted by Crippen LogP contribution is 2.08. The highest BCUT2D eigenvalue weighted by atomic mass is 16.3. The largest absolute Gasteiger partial charge is 0.391 e. The van der Waals surface area contributed by atoms with E-state index in [9.17, 15) is 15.0 Å². The summed E-state index contributed by atoms with van der Waals surface area (Å²) in [5.74, 6) is -0.209. The fraction of sp³-hybridized carbons (Fsp3) is 0.562. The number of piperazine rings is 1. The number of carbonyl (C=O) groups is 1. The van der Waals surface area contributed by atoms with Crippen LogP contribution in [0.3, 0.4) is 0 Å². The molecule has 2 N–H and O–H groups in total. The van der Waals surface area contributed by atoms with Gasteiger partial charge in [0.05, 0.1) is 6.10 Å². The molecule has 116 valence electrons. The summed E-state index contributed by atoms with van der Waals surface area (Å²) in [6.07, 6.45) is -0.681. The third-order valence-electron chi connectivity index (χ3n) is 3.82. The van der Waals surface area contributed by atoms with Crippen molar-refractivity contribution in [2.75, 3.05) is 32.7 Å². The van der Waals surface area contributed by atoms with Crippen molar-refractivity contribution in [3.05, 3.63) is 35.9 Å². The second kappa shape index (κ2) is 7.54. The summed E-state index contributed by atoms with van der Waals surface area (Å²) in [7, 11) is 0. The van der Waals surface area contributed by atoms with E-state index in [4.69, 9.17) is 0 Å². The quantitative estimate of drug-likeness (QED) is 0.809. The first kappa shape index (κ1) is 15.9. The topological polar surface area (TPSA) is 64.0 Å². The van der Waals surface area contributed by atoms with Crippen LogP contribution in [0, 0.1) is 0 Å². The number of carbonyl (C=O) groups excluding carboxylic acids is 1. The summed E-state index contributed by atoms with van der Waals surface area (Å²) >= 11 is 0. The second-order valence-corrected chi connectivity index (χ2v) is 5.65. The molecule has 1 aromatic carbocycles. The zero-order valence-corrected chi connectivity index (χ0v) is 12.5. The summed E-state index contributed by atoms with van der Waals surface area (Å²) in [5.41, 5.74) is 1.13. The maximum absolute atomic E-state index is 11.7. The first-order valence-corrected chi connectivity index (χ1v) is 7.47. The first-order chi connectivity index (χ1) is 10.1. The van der Waals surface area contributed by atoms with Crippen molar-refractivity contribution in [3.63, 3.8) is 0 Å². The SMILES string of the molecule is CC(O)C(=O)N1CCN(CC(O)Cc2ccccc2)CC1.